The van der Waals surface area contributed by atoms with Gasteiger partial charge in [0.25, 0.3) is 0 Å². The van der Waals surface area contributed by atoms with Gasteiger partial charge in [-0.2, -0.15) is 0 Å². The number of nitrogens with one attached hydrogen (secondary N) is 1. The fraction of sp³-hybridized carbons (Fsp3) is 0. The van der Waals surface area contributed by atoms with E-state index in [1.807, 2.05) is 0 Å². The molecule has 0 spiro atoms. The van der Waals surface area contributed by atoms with Gasteiger partial charge in [-0.3, -0.25) is 0 Å². The van der Waals surface area contributed by atoms with Crippen molar-refractivity contribution in [2.45, 2.75) is 0 Å². The highest BCUT2D eigenvalue weighted by Crippen LogP contribution is 2.27. The Bertz CT molecular complexity index is 593. The lowest BCUT2D eigenvalue weighted by Crippen LogP contribution is -2.04. The Morgan fingerprint density at radius 2 is 1.58 bits per heavy atom. The summed E-state index contributed by atoms with van der Waals surface area (Å²) < 4.78 is 52.8. The number of rotatable bonds is 2. The average molecular weight is 336 g/mol. The Balaban J connectivity index is 2.42. The van der Waals surface area contributed by atoms with Crippen molar-refractivity contribution in [2.24, 2.45) is 0 Å². The molecule has 100 valence electrons. The van der Waals surface area contributed by atoms with Gasteiger partial charge in [0.05, 0.1) is 10.2 Å². The first kappa shape index (κ1) is 13.6. The Hall–Kier alpha value is -1.83. The predicted molar refractivity (Wildman–Crippen MR) is 65.9 cm³/mol. The zero-order chi connectivity index (χ0) is 14.2. The van der Waals surface area contributed by atoms with Crippen molar-refractivity contribution in [2.75, 3.05) is 11.1 Å². The standard InChI is InChI=1S/C11H6BrF4N3/c12-4-1-9(6(14)2-5(4)13)18-11-8(16)3-7(15)10(17)19-11/h1-3H,(H3,17,18,19). The molecule has 0 aliphatic carbocycles. The molecule has 0 fully saturated rings. The van der Waals surface area contributed by atoms with Crippen LogP contribution >= 0.6 is 15.9 Å². The van der Waals surface area contributed by atoms with Crippen LogP contribution in [0.15, 0.2) is 22.7 Å². The molecule has 2 rings (SSSR count). The highest BCUT2D eigenvalue weighted by molar-refractivity contribution is 9.10. The van der Waals surface area contributed by atoms with E-state index in [-0.39, 0.29) is 10.2 Å². The van der Waals surface area contributed by atoms with Crippen molar-refractivity contribution in [1.82, 2.24) is 4.98 Å². The molecule has 1 aromatic carbocycles. The summed E-state index contributed by atoms with van der Waals surface area (Å²) in [5, 5.41) is 2.27. The van der Waals surface area contributed by atoms with Gasteiger partial charge in [0.2, 0.25) is 0 Å². The van der Waals surface area contributed by atoms with Crippen LogP contribution in [0.5, 0.6) is 0 Å². The molecular weight excluding hydrogens is 330 g/mol. The third-order valence-corrected chi connectivity index (χ3v) is 2.83. The van der Waals surface area contributed by atoms with Crippen LogP contribution in [0.2, 0.25) is 0 Å². The van der Waals surface area contributed by atoms with Crippen LogP contribution in [0.4, 0.5) is 34.9 Å². The van der Waals surface area contributed by atoms with E-state index >= 15 is 0 Å². The Morgan fingerprint density at radius 1 is 0.947 bits per heavy atom. The lowest BCUT2D eigenvalue weighted by Gasteiger charge is -2.09. The molecule has 0 aliphatic heterocycles. The van der Waals surface area contributed by atoms with Gasteiger partial charge in [0.1, 0.15) is 11.6 Å². The fourth-order valence-corrected chi connectivity index (χ4v) is 1.66. The number of hydrogen-bond donors (Lipinski definition) is 2. The molecule has 0 aliphatic rings. The first-order chi connectivity index (χ1) is 8.88. The number of anilines is 3. The SMILES string of the molecule is Nc1nc(Nc2cc(Br)c(F)cc2F)c(F)cc1F. The summed E-state index contributed by atoms with van der Waals surface area (Å²) in [6.45, 7) is 0. The number of benzene rings is 1. The lowest BCUT2D eigenvalue weighted by atomic mass is 10.3. The molecule has 1 heterocycles. The van der Waals surface area contributed by atoms with Gasteiger partial charge in [-0.15, -0.1) is 0 Å². The summed E-state index contributed by atoms with van der Waals surface area (Å²) in [5.74, 6) is -4.84. The Morgan fingerprint density at radius 3 is 2.26 bits per heavy atom. The maximum Gasteiger partial charge on any atom is 0.169 e. The third kappa shape index (κ3) is 2.78. The van der Waals surface area contributed by atoms with Crippen LogP contribution in [-0.2, 0) is 0 Å². The van der Waals surface area contributed by atoms with E-state index in [0.29, 0.717) is 12.1 Å². The van der Waals surface area contributed by atoms with E-state index in [1.165, 1.54) is 0 Å². The minimum Gasteiger partial charge on any atom is -0.381 e. The second-order valence-corrected chi connectivity index (χ2v) is 4.41. The van der Waals surface area contributed by atoms with Crippen molar-refractivity contribution in [3.63, 3.8) is 0 Å². The molecular formula is C11H6BrF4N3. The molecule has 19 heavy (non-hydrogen) atoms. The fourth-order valence-electron chi connectivity index (χ4n) is 1.31. The molecule has 3 N–H and O–H groups in total. The summed E-state index contributed by atoms with van der Waals surface area (Å²) in [4.78, 5) is 3.40. The molecule has 3 nitrogen and oxygen atoms in total. The van der Waals surface area contributed by atoms with Crippen molar-refractivity contribution in [3.05, 3.63) is 45.9 Å². The topological polar surface area (TPSA) is 50.9 Å². The number of nitrogens with zero attached hydrogens (tertiary/aromatic N) is 1. The summed E-state index contributed by atoms with van der Waals surface area (Å²) in [7, 11) is 0. The van der Waals surface area contributed by atoms with Crippen molar-refractivity contribution in [3.8, 4) is 0 Å². The molecule has 1 aromatic heterocycles. The number of aromatic nitrogens is 1. The summed E-state index contributed by atoms with van der Waals surface area (Å²) >= 11 is 2.86. The molecule has 8 heteroatoms. The van der Waals surface area contributed by atoms with E-state index < -0.39 is 34.9 Å². The number of nitrogen functional groups attached to an aromatic ring is 1. The van der Waals surface area contributed by atoms with E-state index in [9.17, 15) is 17.6 Å². The van der Waals surface area contributed by atoms with Crippen molar-refractivity contribution in [1.29, 1.82) is 0 Å². The maximum atomic E-state index is 13.4. The van der Waals surface area contributed by atoms with E-state index in [4.69, 9.17) is 5.73 Å². The predicted octanol–water partition coefficient (Wildman–Crippen LogP) is 3.73. The van der Waals surface area contributed by atoms with E-state index in [2.05, 4.69) is 26.2 Å². The first-order valence-corrected chi connectivity index (χ1v) is 5.71. The van der Waals surface area contributed by atoms with Gasteiger partial charge in [0, 0.05) is 12.1 Å². The zero-order valence-corrected chi connectivity index (χ0v) is 10.7. The highest BCUT2D eigenvalue weighted by Gasteiger charge is 2.13. The first-order valence-electron chi connectivity index (χ1n) is 4.91. The quantitative estimate of drug-likeness (QED) is 0.649. The maximum absolute atomic E-state index is 13.4. The minimum absolute atomic E-state index is 0.0214. The van der Waals surface area contributed by atoms with Gasteiger partial charge in [0.15, 0.2) is 23.3 Å². The zero-order valence-electron chi connectivity index (χ0n) is 9.15. The number of hydrogen-bond acceptors (Lipinski definition) is 3. The molecule has 0 amide bonds. The van der Waals surface area contributed by atoms with Crippen LogP contribution in [0.3, 0.4) is 0 Å². The van der Waals surface area contributed by atoms with Gasteiger partial charge in [-0.05, 0) is 22.0 Å². The molecule has 0 atom stereocenters. The second-order valence-electron chi connectivity index (χ2n) is 3.56. The molecule has 0 unspecified atom stereocenters. The third-order valence-electron chi connectivity index (χ3n) is 2.22. The number of pyridine rings is 1. The van der Waals surface area contributed by atoms with Crippen LogP contribution in [0.25, 0.3) is 0 Å². The molecule has 0 saturated heterocycles. The van der Waals surface area contributed by atoms with Gasteiger partial charge in [-0.25, -0.2) is 22.5 Å². The smallest absolute Gasteiger partial charge is 0.169 e. The highest BCUT2D eigenvalue weighted by atomic mass is 79.9. The average Bonchev–Trinajstić information content (AvgIpc) is 2.32. The number of halogens is 5. The van der Waals surface area contributed by atoms with Crippen LogP contribution in [0, 0.1) is 23.3 Å². The number of nitrogens with two attached hydrogens (primary N) is 1. The lowest BCUT2D eigenvalue weighted by molar-refractivity contribution is 0.577. The van der Waals surface area contributed by atoms with Crippen LogP contribution in [-0.4, -0.2) is 4.98 Å². The van der Waals surface area contributed by atoms with Crippen molar-refractivity contribution >= 4 is 33.3 Å². The summed E-state index contributed by atoms with van der Waals surface area (Å²) in [5.41, 5.74) is 4.95. The van der Waals surface area contributed by atoms with Crippen molar-refractivity contribution < 1.29 is 17.6 Å². The largest absolute Gasteiger partial charge is 0.381 e. The molecule has 2 aromatic rings. The van der Waals surface area contributed by atoms with Gasteiger partial charge < -0.3 is 11.1 Å². The second kappa shape index (κ2) is 5.04. The minimum atomic E-state index is -1.05. The Kier molecular flexibility index (Phi) is 3.61. The van der Waals surface area contributed by atoms with Gasteiger partial charge >= 0.3 is 0 Å². The Labute approximate surface area is 113 Å². The monoisotopic (exact) mass is 335 g/mol. The van der Waals surface area contributed by atoms with Crippen LogP contribution in [0.1, 0.15) is 0 Å². The molecule has 0 saturated carbocycles. The summed E-state index contributed by atoms with van der Waals surface area (Å²) in [6, 6.07) is 2.18. The normalized spacial score (nSPS) is 10.6. The van der Waals surface area contributed by atoms with E-state index in [0.717, 1.165) is 6.07 Å². The van der Waals surface area contributed by atoms with Crippen LogP contribution < -0.4 is 11.1 Å². The van der Waals surface area contributed by atoms with Gasteiger partial charge in [-0.1, -0.05) is 0 Å². The molecule has 0 radical (unpaired) electrons. The molecule has 0 bridgehead atoms. The van der Waals surface area contributed by atoms with E-state index in [1.54, 1.807) is 0 Å². The summed E-state index contributed by atoms with van der Waals surface area (Å²) in [6.07, 6.45) is 0.